The van der Waals surface area contributed by atoms with Crippen LogP contribution < -0.4 is 4.74 Å². The van der Waals surface area contributed by atoms with Crippen molar-refractivity contribution in [1.82, 2.24) is 14.4 Å². The maximum atomic E-state index is 5.16. The zero-order chi connectivity index (χ0) is 8.55. The van der Waals surface area contributed by atoms with Gasteiger partial charge in [-0.2, -0.15) is 0 Å². The summed E-state index contributed by atoms with van der Waals surface area (Å²) in [7, 11) is 1.63. The van der Waals surface area contributed by atoms with Gasteiger partial charge in [0.1, 0.15) is 17.7 Å². The number of ether oxygens (including phenoxy) is 1. The van der Waals surface area contributed by atoms with Crippen LogP contribution in [0.5, 0.6) is 5.88 Å². The predicted molar refractivity (Wildman–Crippen MR) is 44.3 cm³/mol. The maximum Gasteiger partial charge on any atom is 0.222 e. The van der Waals surface area contributed by atoms with Gasteiger partial charge in [-0.25, -0.2) is 9.97 Å². The lowest BCUT2D eigenvalue weighted by Crippen LogP contribution is -1.91. The topological polar surface area (TPSA) is 39.4 Å². The number of fused-ring (bicyclic) bond motifs is 1. The second-order valence-electron chi connectivity index (χ2n) is 2.51. The first-order valence-electron chi connectivity index (χ1n) is 3.65. The van der Waals surface area contributed by atoms with E-state index in [1.807, 2.05) is 17.4 Å². The molecular formula is C8H9N3O. The minimum absolute atomic E-state index is 0.748. The molecule has 0 bridgehead atoms. The molecule has 4 nitrogen and oxygen atoms in total. The van der Waals surface area contributed by atoms with Crippen LogP contribution in [0.25, 0.3) is 5.65 Å². The van der Waals surface area contributed by atoms with E-state index in [4.69, 9.17) is 4.74 Å². The monoisotopic (exact) mass is 163 g/mol. The van der Waals surface area contributed by atoms with Crippen LogP contribution in [0, 0.1) is 6.92 Å². The summed E-state index contributed by atoms with van der Waals surface area (Å²) < 4.78 is 6.97. The molecule has 2 aromatic heterocycles. The smallest absolute Gasteiger partial charge is 0.222 e. The molecule has 0 fully saturated rings. The number of aromatic nitrogens is 3. The molecule has 0 spiro atoms. The van der Waals surface area contributed by atoms with Gasteiger partial charge in [0, 0.05) is 6.20 Å². The van der Waals surface area contributed by atoms with E-state index in [9.17, 15) is 0 Å². The van der Waals surface area contributed by atoms with Crippen molar-refractivity contribution in [2.45, 2.75) is 6.92 Å². The Morgan fingerprint density at radius 1 is 1.50 bits per heavy atom. The second kappa shape index (κ2) is 2.48. The van der Waals surface area contributed by atoms with Gasteiger partial charge in [0.2, 0.25) is 5.88 Å². The summed E-state index contributed by atoms with van der Waals surface area (Å²) in [4.78, 5) is 8.26. The molecule has 2 aromatic rings. The normalized spacial score (nSPS) is 10.5. The first kappa shape index (κ1) is 7.09. The van der Waals surface area contributed by atoms with Gasteiger partial charge in [0.25, 0.3) is 0 Å². The molecular weight excluding hydrogens is 154 g/mol. The van der Waals surface area contributed by atoms with E-state index < -0.39 is 0 Å². The minimum Gasteiger partial charge on any atom is -0.481 e. The van der Waals surface area contributed by atoms with Crippen molar-refractivity contribution >= 4 is 5.65 Å². The summed E-state index contributed by atoms with van der Waals surface area (Å²) >= 11 is 0. The van der Waals surface area contributed by atoms with Crippen LogP contribution in [0.4, 0.5) is 0 Å². The van der Waals surface area contributed by atoms with Crippen LogP contribution in [0.1, 0.15) is 5.69 Å². The van der Waals surface area contributed by atoms with Gasteiger partial charge in [0.15, 0.2) is 0 Å². The Bertz CT molecular complexity index is 408. The molecule has 0 saturated carbocycles. The number of hydrogen-bond acceptors (Lipinski definition) is 3. The van der Waals surface area contributed by atoms with Gasteiger partial charge in [-0.3, -0.25) is 4.40 Å². The number of aryl methyl sites for hydroxylation is 1. The third-order valence-corrected chi connectivity index (χ3v) is 1.74. The van der Waals surface area contributed by atoms with E-state index in [0.29, 0.717) is 0 Å². The molecule has 0 aliphatic rings. The lowest BCUT2D eigenvalue weighted by atomic mass is 10.5. The lowest BCUT2D eigenvalue weighted by molar-refractivity contribution is 0.390. The molecule has 2 rings (SSSR count). The molecule has 0 atom stereocenters. The van der Waals surface area contributed by atoms with Crippen molar-refractivity contribution in [3.63, 3.8) is 0 Å². The van der Waals surface area contributed by atoms with Gasteiger partial charge in [-0.15, -0.1) is 0 Å². The first-order valence-corrected chi connectivity index (χ1v) is 3.65. The summed E-state index contributed by atoms with van der Waals surface area (Å²) in [5.74, 6) is 0.748. The summed E-state index contributed by atoms with van der Waals surface area (Å²) in [5.41, 5.74) is 1.74. The molecule has 0 radical (unpaired) electrons. The highest BCUT2D eigenvalue weighted by atomic mass is 16.5. The van der Waals surface area contributed by atoms with Crippen molar-refractivity contribution in [3.8, 4) is 5.88 Å². The van der Waals surface area contributed by atoms with E-state index in [1.54, 1.807) is 19.6 Å². The Balaban J connectivity index is 2.81. The third kappa shape index (κ3) is 0.845. The molecule has 0 aromatic carbocycles. The molecule has 0 saturated heterocycles. The van der Waals surface area contributed by atoms with E-state index in [1.165, 1.54) is 0 Å². The highest BCUT2D eigenvalue weighted by Crippen LogP contribution is 2.17. The van der Waals surface area contributed by atoms with E-state index in [2.05, 4.69) is 9.97 Å². The highest BCUT2D eigenvalue weighted by molar-refractivity contribution is 5.44. The van der Waals surface area contributed by atoms with Crippen molar-refractivity contribution in [2.24, 2.45) is 0 Å². The molecule has 0 aliphatic carbocycles. The van der Waals surface area contributed by atoms with Crippen LogP contribution in [0.15, 0.2) is 18.6 Å². The van der Waals surface area contributed by atoms with E-state index >= 15 is 0 Å². The van der Waals surface area contributed by atoms with Crippen molar-refractivity contribution in [1.29, 1.82) is 0 Å². The van der Waals surface area contributed by atoms with Gasteiger partial charge in [-0.05, 0) is 13.0 Å². The average molecular weight is 163 g/mol. The summed E-state index contributed by atoms with van der Waals surface area (Å²) in [6.07, 6.45) is 3.40. The quantitative estimate of drug-likeness (QED) is 0.630. The van der Waals surface area contributed by atoms with E-state index in [-0.39, 0.29) is 0 Å². The van der Waals surface area contributed by atoms with Gasteiger partial charge >= 0.3 is 0 Å². The van der Waals surface area contributed by atoms with Gasteiger partial charge in [0.05, 0.1) is 7.11 Å². The number of methoxy groups -OCH3 is 1. The highest BCUT2D eigenvalue weighted by Gasteiger charge is 2.06. The summed E-state index contributed by atoms with van der Waals surface area (Å²) in [6.45, 7) is 1.91. The fourth-order valence-corrected chi connectivity index (χ4v) is 1.24. The Labute approximate surface area is 69.8 Å². The molecule has 0 aliphatic heterocycles. The number of nitrogens with zero attached hydrogens (tertiary/aromatic N) is 3. The van der Waals surface area contributed by atoms with Crippen molar-refractivity contribution < 1.29 is 4.74 Å². The van der Waals surface area contributed by atoms with E-state index in [0.717, 1.165) is 17.2 Å². The van der Waals surface area contributed by atoms with Crippen LogP contribution in [-0.4, -0.2) is 21.5 Å². The number of hydrogen-bond donors (Lipinski definition) is 0. The van der Waals surface area contributed by atoms with Crippen LogP contribution in [0.2, 0.25) is 0 Å². The SMILES string of the molecule is COc1c(C)nc2ccncn12. The maximum absolute atomic E-state index is 5.16. The Morgan fingerprint density at radius 2 is 2.33 bits per heavy atom. The molecule has 12 heavy (non-hydrogen) atoms. The molecule has 0 N–H and O–H groups in total. The first-order chi connectivity index (χ1) is 5.83. The fraction of sp³-hybridized carbons (Fsp3) is 0.250. The Morgan fingerprint density at radius 3 is 3.08 bits per heavy atom. The molecule has 62 valence electrons. The second-order valence-corrected chi connectivity index (χ2v) is 2.51. The van der Waals surface area contributed by atoms with Gasteiger partial charge < -0.3 is 4.74 Å². The lowest BCUT2D eigenvalue weighted by Gasteiger charge is -1.98. The molecule has 0 amide bonds. The fourth-order valence-electron chi connectivity index (χ4n) is 1.24. The minimum atomic E-state index is 0.748. The zero-order valence-electron chi connectivity index (χ0n) is 6.98. The predicted octanol–water partition coefficient (Wildman–Crippen LogP) is 1.05. The summed E-state index contributed by atoms with van der Waals surface area (Å²) in [6, 6.07) is 1.84. The Kier molecular flexibility index (Phi) is 1.46. The van der Waals surface area contributed by atoms with Crippen LogP contribution >= 0.6 is 0 Å². The zero-order valence-corrected chi connectivity index (χ0v) is 6.98. The number of rotatable bonds is 1. The Hall–Kier alpha value is -1.58. The molecule has 0 unspecified atom stereocenters. The van der Waals surface area contributed by atoms with Crippen LogP contribution in [-0.2, 0) is 0 Å². The van der Waals surface area contributed by atoms with Crippen LogP contribution in [0.3, 0.4) is 0 Å². The summed E-state index contributed by atoms with van der Waals surface area (Å²) in [5, 5.41) is 0. The van der Waals surface area contributed by atoms with Gasteiger partial charge in [-0.1, -0.05) is 0 Å². The average Bonchev–Trinajstić information content (AvgIpc) is 2.40. The number of imidazole rings is 1. The molecule has 4 heteroatoms. The largest absolute Gasteiger partial charge is 0.481 e. The standard InChI is InChI=1S/C8H9N3O/c1-6-8(12-2)11-5-9-4-3-7(11)10-6/h3-5H,1-2H3. The third-order valence-electron chi connectivity index (χ3n) is 1.74. The van der Waals surface area contributed by atoms with Crippen molar-refractivity contribution in [3.05, 3.63) is 24.3 Å². The van der Waals surface area contributed by atoms with Crippen molar-refractivity contribution in [2.75, 3.05) is 7.11 Å². The molecule has 2 heterocycles.